The number of nitrogens with two attached hydrogens (primary N) is 1. The number of nitrogens with zero attached hydrogens (tertiary/aromatic N) is 2. The SMILES string of the molecule is CCCn1c(NC(=O)CNC(=O)CN)nc2ccccc21.Cl. The normalized spacial score (nSPS) is 10.1. The number of aryl methyl sites for hydroxylation is 1. The monoisotopic (exact) mass is 325 g/mol. The van der Waals surface area contributed by atoms with E-state index in [0.717, 1.165) is 24.0 Å². The van der Waals surface area contributed by atoms with Crippen LogP contribution in [-0.2, 0) is 16.1 Å². The minimum Gasteiger partial charge on any atom is -0.346 e. The van der Waals surface area contributed by atoms with Crippen molar-refractivity contribution in [3.63, 3.8) is 0 Å². The molecule has 0 unspecified atom stereocenters. The summed E-state index contributed by atoms with van der Waals surface area (Å²) in [7, 11) is 0. The average Bonchev–Trinajstić information content (AvgIpc) is 2.83. The van der Waals surface area contributed by atoms with Crippen LogP contribution in [0.25, 0.3) is 11.0 Å². The summed E-state index contributed by atoms with van der Waals surface area (Å²) in [5, 5.41) is 5.15. The van der Waals surface area contributed by atoms with Crippen molar-refractivity contribution >= 4 is 41.2 Å². The highest BCUT2D eigenvalue weighted by Crippen LogP contribution is 2.19. The van der Waals surface area contributed by atoms with Crippen LogP contribution in [0.5, 0.6) is 0 Å². The van der Waals surface area contributed by atoms with Crippen LogP contribution >= 0.6 is 12.4 Å². The molecule has 8 heteroatoms. The van der Waals surface area contributed by atoms with Gasteiger partial charge in [0.15, 0.2) is 0 Å². The van der Waals surface area contributed by atoms with E-state index in [0.29, 0.717) is 5.95 Å². The highest BCUT2D eigenvalue weighted by atomic mass is 35.5. The molecule has 0 radical (unpaired) electrons. The quantitative estimate of drug-likeness (QED) is 0.733. The smallest absolute Gasteiger partial charge is 0.246 e. The van der Waals surface area contributed by atoms with E-state index < -0.39 is 0 Å². The van der Waals surface area contributed by atoms with Gasteiger partial charge in [0.1, 0.15) is 0 Å². The van der Waals surface area contributed by atoms with Crippen molar-refractivity contribution in [3.8, 4) is 0 Å². The van der Waals surface area contributed by atoms with Gasteiger partial charge in [-0.3, -0.25) is 14.9 Å². The Kier molecular flexibility index (Phi) is 6.81. The molecule has 0 atom stereocenters. The largest absolute Gasteiger partial charge is 0.346 e. The van der Waals surface area contributed by atoms with Gasteiger partial charge in [-0.1, -0.05) is 19.1 Å². The zero-order chi connectivity index (χ0) is 15.2. The summed E-state index contributed by atoms with van der Waals surface area (Å²) < 4.78 is 1.96. The molecule has 0 saturated carbocycles. The number of nitrogens with one attached hydrogen (secondary N) is 2. The number of halogens is 1. The Bertz CT molecular complexity index is 656. The lowest BCUT2D eigenvalue weighted by Crippen LogP contribution is -2.36. The maximum Gasteiger partial charge on any atom is 0.246 e. The van der Waals surface area contributed by atoms with Gasteiger partial charge in [-0.15, -0.1) is 12.4 Å². The van der Waals surface area contributed by atoms with Gasteiger partial charge in [0.05, 0.1) is 24.1 Å². The molecule has 0 spiro atoms. The zero-order valence-electron chi connectivity index (χ0n) is 12.3. The average molecular weight is 326 g/mol. The van der Waals surface area contributed by atoms with Crippen molar-refractivity contribution in [3.05, 3.63) is 24.3 Å². The first-order valence-corrected chi connectivity index (χ1v) is 6.87. The standard InChI is InChI=1S/C14H19N5O2.ClH/c1-2-7-19-11-6-4-3-5-10(11)17-14(19)18-13(21)9-16-12(20)8-15;/h3-6H,2,7-9,15H2,1H3,(H,16,20)(H,17,18,21);1H. The Hall–Kier alpha value is -2.12. The maximum atomic E-state index is 11.8. The molecule has 0 aliphatic rings. The first kappa shape index (κ1) is 17.9. The van der Waals surface area contributed by atoms with Gasteiger partial charge < -0.3 is 15.6 Å². The van der Waals surface area contributed by atoms with Crippen LogP contribution in [-0.4, -0.2) is 34.5 Å². The van der Waals surface area contributed by atoms with Crippen molar-refractivity contribution in [2.24, 2.45) is 5.73 Å². The Labute approximate surface area is 134 Å². The first-order valence-electron chi connectivity index (χ1n) is 6.87. The van der Waals surface area contributed by atoms with E-state index in [1.807, 2.05) is 28.8 Å². The number of carbonyl (C=O) groups is 2. The Balaban J connectivity index is 0.00000242. The van der Waals surface area contributed by atoms with Crippen molar-refractivity contribution < 1.29 is 9.59 Å². The second-order valence-corrected chi connectivity index (χ2v) is 4.60. The lowest BCUT2D eigenvalue weighted by atomic mass is 10.3. The summed E-state index contributed by atoms with van der Waals surface area (Å²) in [6.45, 7) is 2.56. The molecule has 0 aliphatic carbocycles. The van der Waals surface area contributed by atoms with Gasteiger partial charge in [0.2, 0.25) is 17.8 Å². The van der Waals surface area contributed by atoms with E-state index in [-0.39, 0.29) is 37.3 Å². The van der Waals surface area contributed by atoms with E-state index in [2.05, 4.69) is 22.5 Å². The molecule has 2 amide bonds. The maximum absolute atomic E-state index is 11.8. The summed E-state index contributed by atoms with van der Waals surface area (Å²) in [6, 6.07) is 7.69. The topological polar surface area (TPSA) is 102 Å². The molecule has 120 valence electrons. The number of fused-ring (bicyclic) bond motifs is 1. The second-order valence-electron chi connectivity index (χ2n) is 4.60. The summed E-state index contributed by atoms with van der Waals surface area (Å²) in [4.78, 5) is 27.3. The Morgan fingerprint density at radius 2 is 2.00 bits per heavy atom. The predicted molar refractivity (Wildman–Crippen MR) is 88.0 cm³/mol. The summed E-state index contributed by atoms with van der Waals surface area (Å²) in [5.74, 6) is -0.207. The number of hydrogen-bond acceptors (Lipinski definition) is 4. The van der Waals surface area contributed by atoms with Crippen LogP contribution in [0, 0.1) is 0 Å². The predicted octanol–water partition coefficient (Wildman–Crippen LogP) is 0.882. The summed E-state index contributed by atoms with van der Waals surface area (Å²) in [6.07, 6.45) is 0.924. The van der Waals surface area contributed by atoms with Crippen LogP contribution < -0.4 is 16.4 Å². The number of para-hydroxylation sites is 2. The number of amides is 2. The molecule has 0 saturated heterocycles. The first-order chi connectivity index (χ1) is 10.2. The van der Waals surface area contributed by atoms with Crippen LogP contribution in [0.3, 0.4) is 0 Å². The van der Waals surface area contributed by atoms with Crippen LogP contribution in [0.15, 0.2) is 24.3 Å². The van der Waals surface area contributed by atoms with E-state index in [1.54, 1.807) is 0 Å². The number of hydrogen-bond donors (Lipinski definition) is 3. The van der Waals surface area contributed by atoms with Gasteiger partial charge in [0.25, 0.3) is 0 Å². The molecule has 2 aromatic rings. The van der Waals surface area contributed by atoms with Gasteiger partial charge in [-0.2, -0.15) is 0 Å². The van der Waals surface area contributed by atoms with Crippen LogP contribution in [0.2, 0.25) is 0 Å². The molecule has 1 aromatic carbocycles. The minimum atomic E-state index is -0.368. The summed E-state index contributed by atoms with van der Waals surface area (Å²) >= 11 is 0. The van der Waals surface area contributed by atoms with Gasteiger partial charge in [-0.05, 0) is 18.6 Å². The number of carbonyl (C=O) groups excluding carboxylic acids is 2. The van der Waals surface area contributed by atoms with Gasteiger partial charge in [-0.25, -0.2) is 4.98 Å². The minimum absolute atomic E-state index is 0. The molecule has 22 heavy (non-hydrogen) atoms. The number of imidazole rings is 1. The molecular weight excluding hydrogens is 306 g/mol. The molecule has 1 heterocycles. The molecule has 0 fully saturated rings. The van der Waals surface area contributed by atoms with E-state index in [9.17, 15) is 9.59 Å². The molecule has 0 bridgehead atoms. The van der Waals surface area contributed by atoms with Gasteiger partial charge >= 0.3 is 0 Å². The fourth-order valence-electron chi connectivity index (χ4n) is 2.04. The highest BCUT2D eigenvalue weighted by Gasteiger charge is 2.12. The summed E-state index contributed by atoms with van der Waals surface area (Å²) in [5.41, 5.74) is 6.96. The van der Waals surface area contributed by atoms with E-state index >= 15 is 0 Å². The van der Waals surface area contributed by atoms with E-state index in [4.69, 9.17) is 5.73 Å². The molecular formula is C14H20ClN5O2. The third kappa shape index (κ3) is 4.19. The number of rotatable bonds is 6. The number of anilines is 1. The van der Waals surface area contributed by atoms with Crippen molar-refractivity contribution in [1.29, 1.82) is 0 Å². The van der Waals surface area contributed by atoms with Crippen molar-refractivity contribution in [2.45, 2.75) is 19.9 Å². The second kappa shape index (κ2) is 8.35. The number of aromatic nitrogens is 2. The molecule has 2 rings (SSSR count). The van der Waals surface area contributed by atoms with Crippen LogP contribution in [0.4, 0.5) is 5.95 Å². The third-order valence-electron chi connectivity index (χ3n) is 2.98. The highest BCUT2D eigenvalue weighted by molar-refractivity contribution is 5.95. The fraction of sp³-hybridized carbons (Fsp3) is 0.357. The van der Waals surface area contributed by atoms with Crippen molar-refractivity contribution in [2.75, 3.05) is 18.4 Å². The molecule has 0 aliphatic heterocycles. The third-order valence-corrected chi connectivity index (χ3v) is 2.98. The van der Waals surface area contributed by atoms with Gasteiger partial charge in [0, 0.05) is 6.54 Å². The lowest BCUT2D eigenvalue weighted by molar-refractivity contribution is -0.123. The zero-order valence-corrected chi connectivity index (χ0v) is 13.2. The molecule has 4 N–H and O–H groups in total. The van der Waals surface area contributed by atoms with E-state index in [1.165, 1.54) is 0 Å². The van der Waals surface area contributed by atoms with Crippen molar-refractivity contribution in [1.82, 2.24) is 14.9 Å². The Morgan fingerprint density at radius 3 is 2.68 bits per heavy atom. The molecule has 7 nitrogen and oxygen atoms in total. The number of benzene rings is 1. The lowest BCUT2D eigenvalue weighted by Gasteiger charge is -2.09. The van der Waals surface area contributed by atoms with Crippen LogP contribution in [0.1, 0.15) is 13.3 Å². The fourth-order valence-corrected chi connectivity index (χ4v) is 2.04. The molecule has 1 aromatic heterocycles. The Morgan fingerprint density at radius 1 is 1.27 bits per heavy atom.